The normalized spacial score (nSPS) is 18.2. The number of amides is 1. The summed E-state index contributed by atoms with van der Waals surface area (Å²) in [5.41, 5.74) is 1.41. The van der Waals surface area contributed by atoms with E-state index in [0.717, 1.165) is 11.6 Å². The Morgan fingerprint density at radius 1 is 1.21 bits per heavy atom. The van der Waals surface area contributed by atoms with Gasteiger partial charge in [-0.3, -0.25) is 4.79 Å². The lowest BCUT2D eigenvalue weighted by Crippen LogP contribution is -2.36. The molecule has 1 aliphatic rings. The molecule has 28 heavy (non-hydrogen) atoms. The number of carbonyl (C=O) groups is 1. The van der Waals surface area contributed by atoms with E-state index in [1.165, 1.54) is 6.07 Å². The Labute approximate surface area is 164 Å². The quantitative estimate of drug-likeness (QED) is 0.688. The van der Waals surface area contributed by atoms with Crippen molar-refractivity contribution in [1.82, 2.24) is 10.6 Å². The molecule has 0 aliphatic heterocycles. The summed E-state index contributed by atoms with van der Waals surface area (Å²) in [6.45, 7) is 5.08. The predicted octanol–water partition coefficient (Wildman–Crippen LogP) is 3.76. The van der Waals surface area contributed by atoms with E-state index in [4.69, 9.17) is 4.74 Å². The van der Waals surface area contributed by atoms with E-state index < -0.39 is 11.6 Å². The van der Waals surface area contributed by atoms with Gasteiger partial charge in [0, 0.05) is 30.1 Å². The van der Waals surface area contributed by atoms with Crippen LogP contribution in [0.3, 0.4) is 0 Å². The minimum Gasteiger partial charge on any atom is -0.486 e. The third kappa shape index (κ3) is 5.52. The average molecular weight is 388 g/mol. The van der Waals surface area contributed by atoms with Gasteiger partial charge in [-0.2, -0.15) is 0 Å². The van der Waals surface area contributed by atoms with Crippen LogP contribution in [-0.4, -0.2) is 25.0 Å². The molecule has 0 bridgehead atoms. The van der Waals surface area contributed by atoms with Gasteiger partial charge in [0.25, 0.3) is 0 Å². The Morgan fingerprint density at radius 3 is 2.68 bits per heavy atom. The zero-order chi connectivity index (χ0) is 20.1. The third-order valence-electron chi connectivity index (χ3n) is 4.69. The second-order valence-electron chi connectivity index (χ2n) is 7.61. The van der Waals surface area contributed by atoms with E-state index in [0.29, 0.717) is 24.4 Å². The molecule has 0 radical (unpaired) electrons. The van der Waals surface area contributed by atoms with E-state index in [1.54, 1.807) is 0 Å². The summed E-state index contributed by atoms with van der Waals surface area (Å²) in [6, 6.07) is 11.6. The van der Waals surface area contributed by atoms with Gasteiger partial charge in [0.15, 0.2) is 11.6 Å². The molecule has 150 valence electrons. The van der Waals surface area contributed by atoms with Crippen LogP contribution in [0.2, 0.25) is 0 Å². The van der Waals surface area contributed by atoms with Crippen LogP contribution in [-0.2, 0) is 11.4 Å². The molecule has 0 heterocycles. The molecule has 0 spiro atoms. The van der Waals surface area contributed by atoms with E-state index in [9.17, 15) is 13.6 Å². The Kier molecular flexibility index (Phi) is 6.62. The molecular formula is C22H26F2N2O2. The molecule has 3 rings (SSSR count). The van der Waals surface area contributed by atoms with Gasteiger partial charge in [-0.05, 0) is 24.0 Å². The molecule has 2 unspecified atom stereocenters. The van der Waals surface area contributed by atoms with Crippen molar-refractivity contribution in [3.63, 3.8) is 0 Å². The number of hydrogen-bond donors (Lipinski definition) is 2. The first kappa shape index (κ1) is 20.3. The number of carbonyl (C=O) groups excluding carboxylic acids is 1. The predicted molar refractivity (Wildman–Crippen MR) is 104 cm³/mol. The van der Waals surface area contributed by atoms with Crippen molar-refractivity contribution in [3.05, 3.63) is 65.2 Å². The average Bonchev–Trinajstić information content (AvgIpc) is 3.44. The lowest BCUT2D eigenvalue weighted by atomic mass is 10.1. The highest BCUT2D eigenvalue weighted by Crippen LogP contribution is 2.46. The van der Waals surface area contributed by atoms with Gasteiger partial charge in [-0.25, -0.2) is 8.78 Å². The minimum absolute atomic E-state index is 0.00470. The smallest absolute Gasteiger partial charge is 0.233 e. The summed E-state index contributed by atoms with van der Waals surface area (Å²) < 4.78 is 33.9. The van der Waals surface area contributed by atoms with Crippen LogP contribution in [0.25, 0.3) is 0 Å². The largest absolute Gasteiger partial charge is 0.486 e. The summed E-state index contributed by atoms with van der Waals surface area (Å²) in [7, 11) is 0. The molecular weight excluding hydrogens is 362 g/mol. The fraction of sp³-hybridized carbons (Fsp3) is 0.409. The number of nitrogens with one attached hydrogen (secondary N) is 2. The first-order valence-electron chi connectivity index (χ1n) is 9.59. The summed E-state index contributed by atoms with van der Waals surface area (Å²) in [5, 5.41) is 6.00. The van der Waals surface area contributed by atoms with Crippen molar-refractivity contribution >= 4 is 5.91 Å². The standard InChI is InChI=1S/C22H26F2N2O2/c1-14(2)11-26-21(27)12-25-20-10-17(20)18-8-16(23)9-19(24)22(18)28-13-15-6-4-3-5-7-15/h3-9,14,17,20,25H,10-13H2,1-2H3,(H,26,27). The minimum atomic E-state index is -0.703. The zero-order valence-electron chi connectivity index (χ0n) is 16.2. The number of benzene rings is 2. The maximum atomic E-state index is 14.4. The van der Waals surface area contributed by atoms with Crippen molar-refractivity contribution < 1.29 is 18.3 Å². The maximum Gasteiger partial charge on any atom is 0.233 e. The lowest BCUT2D eigenvalue weighted by molar-refractivity contribution is -0.120. The molecule has 2 aromatic rings. The van der Waals surface area contributed by atoms with Crippen LogP contribution in [0.5, 0.6) is 5.75 Å². The molecule has 2 N–H and O–H groups in total. The Balaban J connectivity index is 1.61. The van der Waals surface area contributed by atoms with Crippen LogP contribution < -0.4 is 15.4 Å². The molecule has 4 nitrogen and oxygen atoms in total. The highest BCUT2D eigenvalue weighted by Gasteiger charge is 2.41. The molecule has 6 heteroatoms. The summed E-state index contributed by atoms with van der Waals surface area (Å²) in [4.78, 5) is 11.8. The Bertz CT molecular complexity index is 812. The Hall–Kier alpha value is -2.47. The number of ether oxygens (including phenoxy) is 1. The van der Waals surface area contributed by atoms with Crippen molar-refractivity contribution in [2.24, 2.45) is 5.92 Å². The van der Waals surface area contributed by atoms with Crippen LogP contribution in [0.4, 0.5) is 8.78 Å². The van der Waals surface area contributed by atoms with Crippen molar-refractivity contribution in [2.45, 2.75) is 38.8 Å². The molecule has 1 fully saturated rings. The van der Waals surface area contributed by atoms with Gasteiger partial charge < -0.3 is 15.4 Å². The third-order valence-corrected chi connectivity index (χ3v) is 4.69. The zero-order valence-corrected chi connectivity index (χ0v) is 16.2. The number of halogens is 2. The summed E-state index contributed by atoms with van der Waals surface area (Å²) >= 11 is 0. The lowest BCUT2D eigenvalue weighted by Gasteiger charge is -2.13. The molecule has 2 atom stereocenters. The topological polar surface area (TPSA) is 50.4 Å². The summed E-state index contributed by atoms with van der Waals surface area (Å²) in [5.74, 6) is -1.01. The van der Waals surface area contributed by atoms with Crippen molar-refractivity contribution in [2.75, 3.05) is 13.1 Å². The number of hydrogen-bond acceptors (Lipinski definition) is 3. The molecule has 0 saturated heterocycles. The van der Waals surface area contributed by atoms with E-state index >= 15 is 0 Å². The Morgan fingerprint density at radius 2 is 1.96 bits per heavy atom. The molecule has 1 saturated carbocycles. The molecule has 0 aromatic heterocycles. The van der Waals surface area contributed by atoms with Crippen LogP contribution in [0, 0.1) is 17.6 Å². The first-order chi connectivity index (χ1) is 13.4. The second kappa shape index (κ2) is 9.15. The monoisotopic (exact) mass is 388 g/mol. The molecule has 2 aromatic carbocycles. The SMILES string of the molecule is CC(C)CNC(=O)CNC1CC1c1cc(F)cc(F)c1OCc1ccccc1. The molecule has 1 aliphatic carbocycles. The van der Waals surface area contributed by atoms with E-state index in [2.05, 4.69) is 10.6 Å². The van der Waals surface area contributed by atoms with Crippen LogP contribution in [0.15, 0.2) is 42.5 Å². The fourth-order valence-electron chi connectivity index (χ4n) is 3.11. The van der Waals surface area contributed by atoms with Crippen molar-refractivity contribution in [3.8, 4) is 5.75 Å². The van der Waals surface area contributed by atoms with Gasteiger partial charge in [-0.15, -0.1) is 0 Å². The van der Waals surface area contributed by atoms with Crippen molar-refractivity contribution in [1.29, 1.82) is 0 Å². The second-order valence-corrected chi connectivity index (χ2v) is 7.61. The van der Waals surface area contributed by atoms with Gasteiger partial charge in [0.05, 0.1) is 6.54 Å². The maximum absolute atomic E-state index is 14.4. The fourth-order valence-corrected chi connectivity index (χ4v) is 3.11. The van der Waals surface area contributed by atoms with E-state index in [1.807, 2.05) is 44.2 Å². The van der Waals surface area contributed by atoms with Gasteiger partial charge in [0.1, 0.15) is 12.4 Å². The number of rotatable bonds is 9. The van der Waals surface area contributed by atoms with E-state index in [-0.39, 0.29) is 36.8 Å². The highest BCUT2D eigenvalue weighted by molar-refractivity contribution is 5.78. The van der Waals surface area contributed by atoms with Crippen LogP contribution >= 0.6 is 0 Å². The summed E-state index contributed by atoms with van der Waals surface area (Å²) in [6.07, 6.45) is 0.710. The van der Waals surface area contributed by atoms with Gasteiger partial charge >= 0.3 is 0 Å². The molecule has 1 amide bonds. The van der Waals surface area contributed by atoms with Gasteiger partial charge in [-0.1, -0.05) is 44.2 Å². The highest BCUT2D eigenvalue weighted by atomic mass is 19.1. The van der Waals surface area contributed by atoms with Crippen LogP contribution in [0.1, 0.15) is 37.3 Å². The first-order valence-corrected chi connectivity index (χ1v) is 9.59. The van der Waals surface area contributed by atoms with Gasteiger partial charge in [0.2, 0.25) is 5.91 Å².